The van der Waals surface area contributed by atoms with Gasteiger partial charge in [0.15, 0.2) is 0 Å². The van der Waals surface area contributed by atoms with Crippen molar-refractivity contribution in [1.29, 1.82) is 0 Å². The summed E-state index contributed by atoms with van der Waals surface area (Å²) in [6, 6.07) is 20.7. The molecule has 4 rings (SSSR count). The summed E-state index contributed by atoms with van der Waals surface area (Å²) in [5.74, 6) is 6.31. The van der Waals surface area contributed by atoms with Gasteiger partial charge in [0.05, 0.1) is 0 Å². The van der Waals surface area contributed by atoms with Crippen LogP contribution in [0.2, 0.25) is 17.3 Å². The summed E-state index contributed by atoms with van der Waals surface area (Å²) in [5.41, 5.74) is 2.81. The van der Waals surface area contributed by atoms with Gasteiger partial charge in [0, 0.05) is 0 Å². The molecular formula is C29H30F3GeN. The van der Waals surface area contributed by atoms with E-state index in [1.807, 2.05) is 18.2 Å². The maximum absolute atomic E-state index is 14.1. The molecule has 0 saturated carbocycles. The zero-order valence-electron chi connectivity index (χ0n) is 20.5. The number of pyridine rings is 1. The number of halogens is 3. The van der Waals surface area contributed by atoms with Gasteiger partial charge in [-0.1, -0.05) is 6.07 Å². The van der Waals surface area contributed by atoms with E-state index in [0.29, 0.717) is 11.3 Å². The number of fused-ring (bicyclic) bond motifs is 1. The predicted molar refractivity (Wildman–Crippen MR) is 139 cm³/mol. The number of hydrogen-bond donors (Lipinski definition) is 0. The Labute approximate surface area is 202 Å². The van der Waals surface area contributed by atoms with Gasteiger partial charge in [-0.25, -0.2) is 0 Å². The van der Waals surface area contributed by atoms with Crippen LogP contribution < -0.4 is 4.40 Å². The number of nitrogens with zero attached hydrogens (tertiary/aromatic N) is 1. The molecule has 0 bridgehead atoms. The minimum atomic E-state index is -4.43. The second-order valence-corrected chi connectivity index (χ2v) is 21.6. The van der Waals surface area contributed by atoms with E-state index in [-0.39, 0.29) is 11.0 Å². The summed E-state index contributed by atoms with van der Waals surface area (Å²) >= 11 is -2.42. The van der Waals surface area contributed by atoms with Crippen molar-refractivity contribution < 1.29 is 13.2 Å². The van der Waals surface area contributed by atoms with Gasteiger partial charge >= 0.3 is 197 Å². The van der Waals surface area contributed by atoms with Gasteiger partial charge in [-0.2, -0.15) is 0 Å². The third kappa shape index (κ3) is 4.92. The molecule has 0 amide bonds. The predicted octanol–water partition coefficient (Wildman–Crippen LogP) is 8.43. The van der Waals surface area contributed by atoms with Crippen molar-refractivity contribution in [3.8, 4) is 22.4 Å². The maximum atomic E-state index is 14.1. The first-order chi connectivity index (χ1) is 15.7. The number of benzene rings is 3. The summed E-state index contributed by atoms with van der Waals surface area (Å²) in [7, 11) is 0. The van der Waals surface area contributed by atoms with E-state index in [1.165, 1.54) is 17.0 Å². The molecule has 0 aliphatic carbocycles. The molecule has 0 atom stereocenters. The van der Waals surface area contributed by atoms with E-state index >= 15 is 0 Å². The van der Waals surface area contributed by atoms with Crippen molar-refractivity contribution in [3.05, 3.63) is 84.1 Å². The van der Waals surface area contributed by atoms with Gasteiger partial charge < -0.3 is 0 Å². The fourth-order valence-electron chi connectivity index (χ4n) is 4.33. The molecule has 0 aliphatic rings. The van der Waals surface area contributed by atoms with Crippen LogP contribution in [-0.2, 0) is 11.6 Å². The minimum absolute atomic E-state index is 0.0925. The third-order valence-corrected chi connectivity index (χ3v) is 10.5. The fraction of sp³-hybridized carbons (Fsp3) is 0.276. The summed E-state index contributed by atoms with van der Waals surface area (Å²) in [6.45, 7) is 6.50. The molecule has 176 valence electrons. The Kier molecular flexibility index (Phi) is 6.18. The normalized spacial score (nSPS) is 12.9. The van der Waals surface area contributed by atoms with Crippen LogP contribution in [0.4, 0.5) is 13.2 Å². The first-order valence-electron chi connectivity index (χ1n) is 11.5. The van der Waals surface area contributed by atoms with Gasteiger partial charge in [0.1, 0.15) is 0 Å². The number of alkyl halides is 3. The Balaban J connectivity index is 1.90. The zero-order valence-corrected chi connectivity index (χ0v) is 22.6. The molecule has 0 spiro atoms. The van der Waals surface area contributed by atoms with Crippen LogP contribution in [0, 0.1) is 0 Å². The van der Waals surface area contributed by atoms with Gasteiger partial charge in [-0.05, 0) is 0 Å². The molecule has 1 aromatic heterocycles. The molecule has 1 nitrogen and oxygen atoms in total. The molecule has 0 aliphatic heterocycles. The van der Waals surface area contributed by atoms with Gasteiger partial charge in [-0.15, -0.1) is 0 Å². The Morgan fingerprint density at radius 3 is 2.09 bits per heavy atom. The van der Waals surface area contributed by atoms with Crippen molar-refractivity contribution in [2.45, 2.75) is 49.6 Å². The van der Waals surface area contributed by atoms with Gasteiger partial charge in [-0.3, -0.25) is 0 Å². The Morgan fingerprint density at radius 1 is 0.735 bits per heavy atom. The van der Waals surface area contributed by atoms with E-state index in [0.717, 1.165) is 15.3 Å². The van der Waals surface area contributed by atoms with Gasteiger partial charge in [0.2, 0.25) is 0 Å². The first-order valence-corrected chi connectivity index (χ1v) is 18.8. The molecule has 4 aromatic rings. The quantitative estimate of drug-likeness (QED) is 0.246. The summed E-state index contributed by atoms with van der Waals surface area (Å²) in [4.78, 5) is 4.54. The summed E-state index contributed by atoms with van der Waals surface area (Å²) < 4.78 is 43.1. The van der Waals surface area contributed by atoms with Crippen molar-refractivity contribution in [2.24, 2.45) is 0 Å². The van der Waals surface area contributed by atoms with Crippen LogP contribution in [0.15, 0.2) is 72.9 Å². The van der Waals surface area contributed by atoms with Crippen LogP contribution in [0.25, 0.3) is 33.2 Å². The van der Waals surface area contributed by atoms with E-state index in [4.69, 9.17) is 0 Å². The summed E-state index contributed by atoms with van der Waals surface area (Å²) in [6.07, 6.45) is -2.82. The van der Waals surface area contributed by atoms with E-state index in [9.17, 15) is 13.2 Å². The Bertz CT molecular complexity index is 1360. The number of rotatable bonds is 3. The van der Waals surface area contributed by atoms with Crippen LogP contribution >= 0.6 is 0 Å². The molecule has 5 heteroatoms. The topological polar surface area (TPSA) is 12.9 Å². The first kappa shape index (κ1) is 24.5. The molecule has 0 unspecified atom stereocenters. The molecule has 3 aromatic carbocycles. The van der Waals surface area contributed by atoms with E-state index in [1.54, 1.807) is 24.4 Å². The molecule has 1 heterocycles. The van der Waals surface area contributed by atoms with Crippen molar-refractivity contribution in [1.82, 2.24) is 4.98 Å². The molecule has 0 N–H and O–H groups in total. The standard InChI is InChI=1S/C29H30F3GeN/c1-28(2,3)25-16-21(15-19-9-7-8-10-23(19)25)27-17-20(13-14-34-27)24-12-11-22(33(4,5)6)18-26(24)29(30,31)32/h7-18H,1-6H3. The van der Waals surface area contributed by atoms with Crippen LogP contribution in [0.1, 0.15) is 31.9 Å². The summed E-state index contributed by atoms with van der Waals surface area (Å²) in [5, 5.41) is 2.27. The monoisotopic (exact) mass is 523 g/mol. The zero-order chi connectivity index (χ0) is 24.9. The third-order valence-electron chi connectivity index (χ3n) is 6.23. The van der Waals surface area contributed by atoms with Crippen molar-refractivity contribution >= 4 is 28.4 Å². The molecule has 34 heavy (non-hydrogen) atoms. The van der Waals surface area contributed by atoms with Crippen molar-refractivity contribution in [3.63, 3.8) is 0 Å². The average molecular weight is 522 g/mol. The average Bonchev–Trinajstić information content (AvgIpc) is 2.76. The second-order valence-electron chi connectivity index (χ2n) is 10.9. The Hall–Kier alpha value is -2.60. The second kappa shape index (κ2) is 8.56. The van der Waals surface area contributed by atoms with Crippen LogP contribution in [0.3, 0.4) is 0 Å². The number of aromatic nitrogens is 1. The van der Waals surface area contributed by atoms with E-state index in [2.05, 4.69) is 67.3 Å². The van der Waals surface area contributed by atoms with Crippen LogP contribution in [0.5, 0.6) is 0 Å². The fourth-order valence-corrected chi connectivity index (χ4v) is 6.77. The Morgan fingerprint density at radius 2 is 1.44 bits per heavy atom. The SMILES string of the molecule is CC(C)(C)c1cc(-c2cc(-c3cc[c]([Ge]([CH3])([CH3])[CH3])cc3C(F)(F)F)ccn2)cc2ccccc12. The molecule has 0 radical (unpaired) electrons. The molecule has 0 fully saturated rings. The van der Waals surface area contributed by atoms with Crippen molar-refractivity contribution in [2.75, 3.05) is 0 Å². The van der Waals surface area contributed by atoms with E-state index < -0.39 is 25.0 Å². The van der Waals surface area contributed by atoms with Gasteiger partial charge in [0.25, 0.3) is 0 Å². The number of hydrogen-bond acceptors (Lipinski definition) is 1. The molecular weight excluding hydrogens is 492 g/mol. The van der Waals surface area contributed by atoms with Crippen LogP contribution in [-0.4, -0.2) is 18.3 Å². The molecule has 0 saturated heterocycles.